The zero-order valence-electron chi connectivity index (χ0n) is 41.3. The van der Waals surface area contributed by atoms with E-state index in [9.17, 15) is 57.9 Å². The van der Waals surface area contributed by atoms with Gasteiger partial charge in [-0.15, -0.1) is 0 Å². The van der Waals surface area contributed by atoms with Crippen molar-refractivity contribution in [2.45, 2.75) is 135 Å². The van der Waals surface area contributed by atoms with Crippen molar-refractivity contribution in [1.82, 2.24) is 30.2 Å². The van der Waals surface area contributed by atoms with E-state index < -0.39 is 84.6 Å². The number of allylic oxidation sites excluding steroid dienone is 9. The first kappa shape index (κ1) is 63.6. The van der Waals surface area contributed by atoms with Crippen molar-refractivity contribution in [1.29, 1.82) is 0 Å². The largest absolute Gasteiger partial charge is 0.481 e. The van der Waals surface area contributed by atoms with E-state index in [0.717, 1.165) is 80.4 Å². The summed E-state index contributed by atoms with van der Waals surface area (Å²) in [5.74, 6) is -1.13. The van der Waals surface area contributed by atoms with Crippen LogP contribution in [0.1, 0.15) is 110 Å². The number of thioether (sulfide) groups is 1. The van der Waals surface area contributed by atoms with E-state index in [0.29, 0.717) is 5.75 Å². The number of carbonyl (C=O) groups is 3. The summed E-state index contributed by atoms with van der Waals surface area (Å²) < 4.78 is 62.5. The Morgan fingerprint density at radius 2 is 1.45 bits per heavy atom. The Hall–Kier alpha value is -3.74. The summed E-state index contributed by atoms with van der Waals surface area (Å²) in [5.41, 5.74) is 4.27. The van der Waals surface area contributed by atoms with E-state index in [1.807, 2.05) is 6.08 Å². The number of nitrogen functional groups attached to an aromatic ring is 1. The Morgan fingerprint density at radius 1 is 0.849 bits per heavy atom. The van der Waals surface area contributed by atoms with Crippen molar-refractivity contribution in [3.63, 3.8) is 0 Å². The van der Waals surface area contributed by atoms with Gasteiger partial charge in [-0.1, -0.05) is 106 Å². The molecule has 2 aromatic heterocycles. The molecule has 0 aromatic carbocycles. The van der Waals surface area contributed by atoms with Crippen LogP contribution in [0.15, 0.2) is 73.4 Å². The van der Waals surface area contributed by atoms with Crippen molar-refractivity contribution in [3.05, 3.63) is 73.4 Å². The van der Waals surface area contributed by atoms with Crippen LogP contribution in [0.2, 0.25) is 0 Å². The third kappa shape index (κ3) is 25.1. The minimum absolute atomic E-state index is 0.0300. The number of unbranched alkanes of at least 4 members (excludes halogenated alkanes) is 7. The normalized spacial score (nSPS) is 20.0. The van der Waals surface area contributed by atoms with Gasteiger partial charge in [0.2, 0.25) is 16.9 Å². The maximum atomic E-state index is 12.8. The van der Waals surface area contributed by atoms with Crippen LogP contribution in [0.3, 0.4) is 0 Å². The number of imidazole rings is 1. The molecule has 7 atom stereocenters. The quantitative estimate of drug-likeness (QED) is 0.0160. The monoisotopic (exact) mass is 1110 g/mol. The van der Waals surface area contributed by atoms with Crippen LogP contribution >= 0.6 is 35.2 Å². The van der Waals surface area contributed by atoms with E-state index in [1.54, 1.807) is 0 Å². The molecule has 10 N–H and O–H groups in total. The molecular formula is C45H72N7O17P3S. The number of hydrogen-bond acceptors (Lipinski definition) is 18. The van der Waals surface area contributed by atoms with Gasteiger partial charge in [0, 0.05) is 30.7 Å². The molecule has 0 aliphatic carbocycles. The van der Waals surface area contributed by atoms with Crippen molar-refractivity contribution < 1.29 is 80.5 Å². The zero-order chi connectivity index (χ0) is 53.9. The molecule has 3 rings (SSSR count). The molecule has 0 bridgehead atoms. The van der Waals surface area contributed by atoms with Crippen molar-refractivity contribution >= 4 is 69.1 Å². The second-order valence-electron chi connectivity index (χ2n) is 17.4. The number of hydrogen-bond donors (Lipinski definition) is 9. The van der Waals surface area contributed by atoms with Gasteiger partial charge in [-0.3, -0.25) is 32.5 Å². The number of nitrogens with zero attached hydrogens (tertiary/aromatic N) is 4. The molecule has 3 heterocycles. The number of nitrogens with two attached hydrogens (primary N) is 1. The zero-order valence-corrected chi connectivity index (χ0v) is 44.8. The van der Waals surface area contributed by atoms with Crippen LogP contribution in [0, 0.1) is 5.41 Å². The predicted octanol–water partition coefficient (Wildman–Crippen LogP) is 6.15. The Balaban J connectivity index is 1.27. The number of phosphoric acid groups is 3. The molecule has 0 saturated carbocycles. The number of anilines is 1. The second kappa shape index (κ2) is 32.6. The lowest BCUT2D eigenvalue weighted by atomic mass is 9.87. The molecule has 2 unspecified atom stereocenters. The van der Waals surface area contributed by atoms with Crippen LogP contribution < -0.4 is 16.4 Å². The molecule has 410 valence electrons. The lowest BCUT2D eigenvalue weighted by molar-refractivity contribution is -0.137. The number of carbonyl (C=O) groups excluding carboxylic acids is 3. The fourth-order valence-electron chi connectivity index (χ4n) is 6.77. The highest BCUT2D eigenvalue weighted by Crippen LogP contribution is 2.61. The van der Waals surface area contributed by atoms with E-state index in [-0.39, 0.29) is 41.6 Å². The summed E-state index contributed by atoms with van der Waals surface area (Å²) >= 11 is 1.05. The third-order valence-electron chi connectivity index (χ3n) is 10.7. The first-order chi connectivity index (χ1) is 34.6. The summed E-state index contributed by atoms with van der Waals surface area (Å²) in [6, 6.07) is 0. The van der Waals surface area contributed by atoms with E-state index in [4.69, 9.17) is 19.5 Å². The van der Waals surface area contributed by atoms with Gasteiger partial charge in [-0.2, -0.15) is 4.31 Å². The SMILES string of the molecule is CCCCC/C=C\C/C=C\C/C=C\C/C=C\CCCCC/C=C/C(=O)SCCNC(=O)CCNC(=O)[C@H](O)C(C)(C)COP(=O)(O)OP(=O)(O)OC[C@@H]1O[C@H](n2cnc3c(N)ncnc32)[C@H](O)[C@@H]1OP(=O)(O)O. The second-order valence-corrected chi connectivity index (χ2v) is 22.7. The number of phosphoric ester groups is 3. The summed E-state index contributed by atoms with van der Waals surface area (Å²) in [6.45, 7) is 2.70. The highest BCUT2D eigenvalue weighted by Gasteiger charge is 2.50. The minimum atomic E-state index is -5.58. The molecule has 0 spiro atoms. The number of fused-ring (bicyclic) bond motifs is 1. The van der Waals surface area contributed by atoms with Gasteiger partial charge in [0.1, 0.15) is 36.3 Å². The highest BCUT2D eigenvalue weighted by atomic mass is 32.2. The van der Waals surface area contributed by atoms with Crippen LogP contribution in [-0.2, 0) is 50.7 Å². The number of nitrogens with one attached hydrogen (secondary N) is 2. The average molecular weight is 1110 g/mol. The van der Waals surface area contributed by atoms with Crippen LogP contribution in [0.25, 0.3) is 11.2 Å². The average Bonchev–Trinajstić information content (AvgIpc) is 3.88. The summed E-state index contributed by atoms with van der Waals surface area (Å²) in [6.07, 6.45) is 26.9. The highest BCUT2D eigenvalue weighted by molar-refractivity contribution is 8.14. The van der Waals surface area contributed by atoms with Gasteiger partial charge >= 0.3 is 23.5 Å². The topological polar surface area (TPSA) is 364 Å². The molecule has 2 amide bonds. The molecule has 1 fully saturated rings. The number of aliphatic hydroxyl groups is 2. The number of ether oxygens (including phenoxy) is 1. The van der Waals surface area contributed by atoms with Crippen LogP contribution in [-0.4, -0.2) is 123 Å². The molecular weight excluding hydrogens is 1040 g/mol. The van der Waals surface area contributed by atoms with Crippen molar-refractivity contribution in [3.8, 4) is 0 Å². The summed E-state index contributed by atoms with van der Waals surface area (Å²) in [4.78, 5) is 88.4. The Kier molecular flexibility index (Phi) is 28.4. The van der Waals surface area contributed by atoms with Gasteiger partial charge in [0.25, 0.3) is 0 Å². The maximum absolute atomic E-state index is 12.8. The van der Waals surface area contributed by atoms with Gasteiger partial charge in [0.05, 0.1) is 19.5 Å². The number of aromatic nitrogens is 4. The maximum Gasteiger partial charge on any atom is 0.481 e. The van der Waals surface area contributed by atoms with E-state index >= 15 is 0 Å². The smallest absolute Gasteiger partial charge is 0.386 e. The molecule has 0 radical (unpaired) electrons. The molecule has 1 saturated heterocycles. The predicted molar refractivity (Wildman–Crippen MR) is 274 cm³/mol. The van der Waals surface area contributed by atoms with Crippen LogP contribution in [0.5, 0.6) is 0 Å². The molecule has 1 aliphatic rings. The third-order valence-corrected chi connectivity index (χ3v) is 14.6. The van der Waals surface area contributed by atoms with Crippen molar-refractivity contribution in [2.75, 3.05) is 37.8 Å². The Labute approximate surface area is 429 Å². The molecule has 2 aromatic rings. The lowest BCUT2D eigenvalue weighted by Gasteiger charge is -2.30. The van der Waals surface area contributed by atoms with Gasteiger partial charge in [-0.05, 0) is 63.9 Å². The molecule has 24 nitrogen and oxygen atoms in total. The standard InChI is InChI=1S/C45H72N7O17P3S/c1-4-5-6-7-8-9-10-11-12-13-14-15-16-17-18-19-20-21-22-23-24-25-36(54)73-29-28-47-35(53)26-27-48-43(57)40(56)45(2,3)31-66-72(63,64)69-71(61,62)65-30-34-39(68-70(58,59)60)38(55)44(67-34)52-33-51-37-41(46)49-32-50-42(37)52/h8-9,11-12,14-15,17-18,24-25,32-34,38-40,44,55-56H,4-7,10,13,16,19-23,26-31H2,1-3H3,(H,47,53)(H,48,57)(H,61,62)(H,63,64)(H2,46,49,50)(H2,58,59,60)/b9-8-,12-11-,15-14-,18-17-,25-24+/t34-,38+,39+,40-,44-/m0/s1. The van der Waals surface area contributed by atoms with Gasteiger partial charge < -0.3 is 50.9 Å². The number of aliphatic hydroxyl groups excluding tert-OH is 2. The van der Waals surface area contributed by atoms with Crippen LogP contribution in [0.4, 0.5) is 5.82 Å². The molecule has 1 aliphatic heterocycles. The minimum Gasteiger partial charge on any atom is -0.386 e. The van der Waals surface area contributed by atoms with E-state index in [1.165, 1.54) is 45.6 Å². The van der Waals surface area contributed by atoms with Gasteiger partial charge in [-0.25, -0.2) is 28.6 Å². The first-order valence-corrected chi connectivity index (χ1v) is 29.4. The Morgan fingerprint density at radius 3 is 2.08 bits per heavy atom. The molecule has 28 heteroatoms. The van der Waals surface area contributed by atoms with Gasteiger partial charge in [0.15, 0.2) is 17.7 Å². The summed E-state index contributed by atoms with van der Waals surface area (Å²) in [7, 11) is -16.4. The van der Waals surface area contributed by atoms with Crippen molar-refractivity contribution in [2.24, 2.45) is 5.41 Å². The first-order valence-electron chi connectivity index (χ1n) is 23.9. The number of amides is 2. The lowest BCUT2D eigenvalue weighted by Crippen LogP contribution is -2.46. The Bertz CT molecular complexity index is 2340. The fraction of sp³-hybridized carbons (Fsp3) is 0.600. The summed E-state index contributed by atoms with van der Waals surface area (Å²) in [5, 5.41) is 26.5. The number of rotatable bonds is 36. The molecule has 73 heavy (non-hydrogen) atoms. The van der Waals surface area contributed by atoms with E-state index in [2.05, 4.69) is 90.0 Å². The fourth-order valence-corrected chi connectivity index (χ4v) is 10.2.